The van der Waals surface area contributed by atoms with Crippen molar-refractivity contribution in [3.8, 4) is 23.1 Å². The molecule has 6 nitrogen and oxygen atoms in total. The van der Waals surface area contributed by atoms with Gasteiger partial charge in [0.2, 0.25) is 5.88 Å². The van der Waals surface area contributed by atoms with Gasteiger partial charge in [0, 0.05) is 30.6 Å². The van der Waals surface area contributed by atoms with Gasteiger partial charge in [0.25, 0.3) is 0 Å². The number of aliphatic hydroxyl groups is 1. The summed E-state index contributed by atoms with van der Waals surface area (Å²) in [5, 5.41) is 10.1. The van der Waals surface area contributed by atoms with Gasteiger partial charge in [0.05, 0.1) is 19.8 Å². The van der Waals surface area contributed by atoms with Crippen molar-refractivity contribution in [3.05, 3.63) is 108 Å². The summed E-state index contributed by atoms with van der Waals surface area (Å²) in [6.45, 7) is 11.5. The van der Waals surface area contributed by atoms with E-state index in [1.165, 1.54) is 5.56 Å². The lowest BCUT2D eigenvalue weighted by molar-refractivity contribution is 0.0785. The van der Waals surface area contributed by atoms with Crippen molar-refractivity contribution in [3.63, 3.8) is 0 Å². The summed E-state index contributed by atoms with van der Waals surface area (Å²) in [6, 6.07) is 21.3. The maximum absolute atomic E-state index is 10.1. The Kier molecular flexibility index (Phi) is 12.4. The van der Waals surface area contributed by atoms with Crippen LogP contribution in [0, 0.1) is 0 Å². The summed E-state index contributed by atoms with van der Waals surface area (Å²) in [5.74, 6) is 2.58. The largest absolute Gasteiger partial charge is 0.493 e. The minimum atomic E-state index is -0.896. The molecule has 0 aliphatic carbocycles. The van der Waals surface area contributed by atoms with Crippen LogP contribution in [0.2, 0.25) is 0 Å². The zero-order valence-corrected chi connectivity index (χ0v) is 24.4. The first-order valence-corrected chi connectivity index (χ1v) is 13.4. The summed E-state index contributed by atoms with van der Waals surface area (Å²) < 4.78 is 16.9. The Bertz CT molecular complexity index is 1240. The van der Waals surface area contributed by atoms with Crippen LogP contribution in [0.3, 0.4) is 0 Å². The second-order valence-corrected chi connectivity index (χ2v) is 8.84. The smallest absolute Gasteiger partial charge is 0.219 e. The molecular weight excluding hydrogens is 488 g/mol. The Morgan fingerprint density at radius 3 is 1.92 bits per heavy atom. The number of benzene rings is 2. The Balaban J connectivity index is 0.00000127. The van der Waals surface area contributed by atoms with Crippen molar-refractivity contribution in [2.45, 2.75) is 59.5 Å². The molecule has 0 fully saturated rings. The first-order valence-electron chi connectivity index (χ1n) is 13.4. The third kappa shape index (κ3) is 8.82. The molecule has 1 unspecified atom stereocenters. The van der Waals surface area contributed by atoms with Gasteiger partial charge in [-0.15, -0.1) is 0 Å². The molecular formula is C33H42N2O4. The van der Waals surface area contributed by atoms with Gasteiger partial charge in [-0.3, -0.25) is 4.98 Å². The second-order valence-electron chi connectivity index (χ2n) is 8.84. The molecule has 6 heteroatoms. The van der Waals surface area contributed by atoms with Crippen molar-refractivity contribution in [2.75, 3.05) is 14.2 Å². The number of ether oxygens (including phenoxy) is 3. The van der Waals surface area contributed by atoms with Crippen LogP contribution in [-0.2, 0) is 12.0 Å². The number of nitrogens with zero attached hydrogens (tertiary/aromatic N) is 2. The van der Waals surface area contributed by atoms with E-state index in [0.717, 1.165) is 23.1 Å². The predicted octanol–water partition coefficient (Wildman–Crippen LogP) is 7.94. The summed E-state index contributed by atoms with van der Waals surface area (Å²) >= 11 is 0. The van der Waals surface area contributed by atoms with Gasteiger partial charge in [-0.1, -0.05) is 52.0 Å². The van der Waals surface area contributed by atoms with E-state index in [1.807, 2.05) is 94.6 Å². The van der Waals surface area contributed by atoms with Crippen LogP contribution in [0.1, 0.15) is 69.7 Å². The van der Waals surface area contributed by atoms with Gasteiger partial charge in [0.1, 0.15) is 5.75 Å². The normalized spacial score (nSPS) is 11.2. The Morgan fingerprint density at radius 1 is 0.769 bits per heavy atom. The lowest BCUT2D eigenvalue weighted by Gasteiger charge is -2.20. The van der Waals surface area contributed by atoms with Crippen LogP contribution in [0.5, 0.6) is 23.1 Å². The molecule has 0 aliphatic heterocycles. The molecule has 4 aromatic rings. The molecule has 0 amide bonds. The third-order valence-electron chi connectivity index (χ3n) is 5.94. The van der Waals surface area contributed by atoms with E-state index in [-0.39, 0.29) is 5.92 Å². The zero-order valence-electron chi connectivity index (χ0n) is 24.4. The highest BCUT2D eigenvalue weighted by Gasteiger charge is 2.19. The highest BCUT2D eigenvalue weighted by molar-refractivity contribution is 5.46. The van der Waals surface area contributed by atoms with E-state index in [9.17, 15) is 5.11 Å². The maximum atomic E-state index is 10.1. The highest BCUT2D eigenvalue weighted by Crippen LogP contribution is 2.35. The molecule has 0 aliphatic rings. The molecule has 208 valence electrons. The van der Waals surface area contributed by atoms with Crippen LogP contribution in [0.4, 0.5) is 0 Å². The Morgan fingerprint density at radius 2 is 1.38 bits per heavy atom. The molecule has 0 spiro atoms. The number of methoxy groups -OCH3 is 2. The minimum absolute atomic E-state index is 0.0461. The topological polar surface area (TPSA) is 73.7 Å². The average molecular weight is 531 g/mol. The van der Waals surface area contributed by atoms with Gasteiger partial charge in [-0.25, -0.2) is 4.98 Å². The molecule has 2 aromatic carbocycles. The fourth-order valence-corrected chi connectivity index (χ4v) is 3.96. The van der Waals surface area contributed by atoms with Gasteiger partial charge >= 0.3 is 0 Å². The van der Waals surface area contributed by atoms with E-state index in [4.69, 9.17) is 14.2 Å². The number of pyridine rings is 2. The van der Waals surface area contributed by atoms with E-state index < -0.39 is 5.60 Å². The number of hydrogen-bond donors (Lipinski definition) is 1. The molecule has 0 bridgehead atoms. The molecule has 2 aromatic heterocycles. The molecule has 0 saturated carbocycles. The summed E-state index contributed by atoms with van der Waals surface area (Å²) in [6.07, 6.45) is 6.24. The van der Waals surface area contributed by atoms with E-state index >= 15 is 0 Å². The lowest BCUT2D eigenvalue weighted by atomic mass is 9.87. The van der Waals surface area contributed by atoms with Crippen LogP contribution in [0.25, 0.3) is 0 Å². The fraction of sp³-hybridized carbons (Fsp3) is 0.333. The quantitative estimate of drug-likeness (QED) is 0.237. The fourth-order valence-electron chi connectivity index (χ4n) is 3.96. The molecule has 1 N–H and O–H groups in total. The average Bonchev–Trinajstić information content (AvgIpc) is 2.98. The van der Waals surface area contributed by atoms with Gasteiger partial charge < -0.3 is 19.3 Å². The monoisotopic (exact) mass is 530 g/mol. The van der Waals surface area contributed by atoms with Crippen molar-refractivity contribution < 1.29 is 19.3 Å². The Labute approximate surface area is 233 Å². The number of aromatic nitrogens is 2. The summed E-state index contributed by atoms with van der Waals surface area (Å²) in [4.78, 5) is 8.71. The van der Waals surface area contributed by atoms with Crippen molar-refractivity contribution in [2.24, 2.45) is 0 Å². The maximum Gasteiger partial charge on any atom is 0.219 e. The van der Waals surface area contributed by atoms with Crippen LogP contribution in [0.15, 0.2) is 85.3 Å². The SMILES string of the molecule is CC.CC.COc1ccc(C(Cc2ccncc2)c2ccc(Oc3ccc(C(C)(C)O)cc3)nc2)cc1OC. The third-order valence-corrected chi connectivity index (χ3v) is 5.94. The van der Waals surface area contributed by atoms with E-state index in [0.29, 0.717) is 23.1 Å². The van der Waals surface area contributed by atoms with Crippen molar-refractivity contribution in [1.29, 1.82) is 0 Å². The van der Waals surface area contributed by atoms with Crippen LogP contribution < -0.4 is 14.2 Å². The van der Waals surface area contributed by atoms with E-state index in [2.05, 4.69) is 16.0 Å². The molecule has 1 atom stereocenters. The molecule has 4 rings (SSSR count). The van der Waals surface area contributed by atoms with Crippen LogP contribution >= 0.6 is 0 Å². The first kappa shape index (κ1) is 31.3. The summed E-state index contributed by atoms with van der Waals surface area (Å²) in [7, 11) is 3.27. The lowest BCUT2D eigenvalue weighted by Crippen LogP contribution is -2.14. The number of hydrogen-bond acceptors (Lipinski definition) is 6. The van der Waals surface area contributed by atoms with Gasteiger partial charge in [-0.2, -0.15) is 0 Å². The van der Waals surface area contributed by atoms with E-state index in [1.54, 1.807) is 40.5 Å². The number of rotatable bonds is 9. The minimum Gasteiger partial charge on any atom is -0.493 e. The predicted molar refractivity (Wildman–Crippen MR) is 158 cm³/mol. The Hall–Kier alpha value is -3.90. The van der Waals surface area contributed by atoms with Gasteiger partial charge in [0.15, 0.2) is 11.5 Å². The summed E-state index contributed by atoms with van der Waals surface area (Å²) in [5.41, 5.74) is 3.25. The standard InChI is InChI=1S/C29H30N2O4.2C2H6/c1-29(2,32)23-7-9-24(10-8-23)35-28-12-6-22(19-31-28)25(17-20-13-15-30-16-14-20)21-5-11-26(33-3)27(18-21)34-4;2*1-2/h5-16,18-19,25,32H,17H2,1-4H3;2*1-2H3. The molecule has 0 radical (unpaired) electrons. The zero-order chi connectivity index (χ0) is 28.8. The highest BCUT2D eigenvalue weighted by atomic mass is 16.5. The van der Waals surface area contributed by atoms with Crippen molar-refractivity contribution >= 4 is 0 Å². The second kappa shape index (κ2) is 15.5. The first-order chi connectivity index (χ1) is 18.9. The van der Waals surface area contributed by atoms with Crippen molar-refractivity contribution in [1.82, 2.24) is 9.97 Å². The van der Waals surface area contributed by atoms with Crippen LogP contribution in [-0.4, -0.2) is 29.3 Å². The molecule has 0 saturated heterocycles. The molecule has 39 heavy (non-hydrogen) atoms. The molecule has 2 heterocycles. The van der Waals surface area contributed by atoms with Gasteiger partial charge in [-0.05, 0) is 78.9 Å².